The fourth-order valence-corrected chi connectivity index (χ4v) is 3.29. The second kappa shape index (κ2) is 6.39. The van der Waals surface area contributed by atoms with E-state index in [-0.39, 0.29) is 17.9 Å². The van der Waals surface area contributed by atoms with Crippen molar-refractivity contribution in [2.45, 2.75) is 46.2 Å². The van der Waals surface area contributed by atoms with Crippen LogP contribution in [0.4, 0.5) is 0 Å². The molecule has 1 aliphatic heterocycles. The largest absolute Gasteiger partial charge is 0.344 e. The average molecular weight is 294 g/mol. The highest BCUT2D eigenvalue weighted by atomic mass is 32.1. The van der Waals surface area contributed by atoms with Crippen LogP contribution in [0.5, 0.6) is 0 Å². The normalized spacial score (nSPS) is 20.2. The lowest BCUT2D eigenvalue weighted by Gasteiger charge is -2.25. The molecular weight excluding hydrogens is 272 g/mol. The number of hydrogen-bond donors (Lipinski definition) is 1. The maximum atomic E-state index is 12.6. The van der Waals surface area contributed by atoms with Crippen molar-refractivity contribution < 1.29 is 9.59 Å². The van der Waals surface area contributed by atoms with E-state index < -0.39 is 0 Å². The summed E-state index contributed by atoms with van der Waals surface area (Å²) in [5.74, 6) is 0.413. The van der Waals surface area contributed by atoms with Crippen LogP contribution in [-0.2, 0) is 16.1 Å². The Morgan fingerprint density at radius 3 is 2.75 bits per heavy atom. The number of nitrogens with zero attached hydrogens (tertiary/aromatic N) is 1. The first-order chi connectivity index (χ1) is 9.47. The van der Waals surface area contributed by atoms with Gasteiger partial charge in [0.15, 0.2) is 0 Å². The first kappa shape index (κ1) is 15.0. The van der Waals surface area contributed by atoms with Crippen LogP contribution in [0.25, 0.3) is 0 Å². The first-order valence-electron chi connectivity index (χ1n) is 7.07. The lowest BCUT2D eigenvalue weighted by atomic mass is 10.0. The topological polar surface area (TPSA) is 49.4 Å². The quantitative estimate of drug-likeness (QED) is 0.926. The van der Waals surface area contributed by atoms with Gasteiger partial charge in [-0.05, 0) is 41.1 Å². The average Bonchev–Trinajstić information content (AvgIpc) is 2.72. The van der Waals surface area contributed by atoms with Crippen LogP contribution in [0.1, 0.15) is 37.8 Å². The highest BCUT2D eigenvalue weighted by Gasteiger charge is 2.30. The van der Waals surface area contributed by atoms with Gasteiger partial charge >= 0.3 is 0 Å². The molecule has 0 spiro atoms. The van der Waals surface area contributed by atoms with Gasteiger partial charge < -0.3 is 10.2 Å². The minimum Gasteiger partial charge on any atom is -0.344 e. The maximum absolute atomic E-state index is 12.6. The van der Waals surface area contributed by atoms with E-state index in [1.807, 2.05) is 4.90 Å². The van der Waals surface area contributed by atoms with Gasteiger partial charge in [-0.2, -0.15) is 11.3 Å². The Kier molecular flexibility index (Phi) is 4.81. The van der Waals surface area contributed by atoms with Crippen molar-refractivity contribution in [3.8, 4) is 0 Å². The Bertz CT molecular complexity index is 496. The number of hydrogen-bond acceptors (Lipinski definition) is 3. The van der Waals surface area contributed by atoms with Gasteiger partial charge in [0, 0.05) is 19.5 Å². The third-order valence-electron chi connectivity index (χ3n) is 3.58. The second-order valence-corrected chi connectivity index (χ2v) is 6.58. The van der Waals surface area contributed by atoms with Crippen molar-refractivity contribution in [1.82, 2.24) is 10.2 Å². The zero-order valence-electron chi connectivity index (χ0n) is 12.3. The van der Waals surface area contributed by atoms with Crippen molar-refractivity contribution >= 4 is 23.2 Å². The van der Waals surface area contributed by atoms with E-state index in [0.717, 1.165) is 0 Å². The molecule has 0 aliphatic carbocycles. The van der Waals surface area contributed by atoms with E-state index in [0.29, 0.717) is 31.8 Å². The summed E-state index contributed by atoms with van der Waals surface area (Å²) in [5.41, 5.74) is 2.40. The molecule has 5 heteroatoms. The third kappa shape index (κ3) is 3.60. The summed E-state index contributed by atoms with van der Waals surface area (Å²) in [6.45, 7) is 7.31. The summed E-state index contributed by atoms with van der Waals surface area (Å²) in [7, 11) is 0. The van der Waals surface area contributed by atoms with E-state index in [2.05, 4.69) is 36.8 Å². The number of thiophene rings is 1. The fraction of sp³-hybridized carbons (Fsp3) is 0.600. The molecule has 0 bridgehead atoms. The summed E-state index contributed by atoms with van der Waals surface area (Å²) < 4.78 is 0. The molecule has 2 rings (SSSR count). The van der Waals surface area contributed by atoms with E-state index in [1.54, 1.807) is 11.3 Å². The predicted octanol–water partition coefficient (Wildman–Crippen LogP) is 2.32. The van der Waals surface area contributed by atoms with Crippen LogP contribution in [0.2, 0.25) is 0 Å². The van der Waals surface area contributed by atoms with E-state index in [4.69, 9.17) is 0 Å². The van der Waals surface area contributed by atoms with Crippen LogP contribution in [0, 0.1) is 12.8 Å². The second-order valence-electron chi connectivity index (χ2n) is 5.84. The summed E-state index contributed by atoms with van der Waals surface area (Å²) in [6.07, 6.45) is 1.09. The standard InChI is InChI=1S/C15H22N2O2S/c1-10(2)6-13-15(19)17(5-4-14(18)16-13)7-12-9-20-8-11(12)3/h8-10,13H,4-7H2,1-3H3,(H,16,18). The van der Waals surface area contributed by atoms with Crippen LogP contribution in [-0.4, -0.2) is 29.3 Å². The molecule has 4 nitrogen and oxygen atoms in total. The van der Waals surface area contributed by atoms with Crippen molar-refractivity contribution in [3.63, 3.8) is 0 Å². The predicted molar refractivity (Wildman–Crippen MR) is 80.5 cm³/mol. The van der Waals surface area contributed by atoms with Crippen LogP contribution >= 0.6 is 11.3 Å². The van der Waals surface area contributed by atoms with Gasteiger partial charge in [-0.15, -0.1) is 0 Å². The minimum atomic E-state index is -0.371. The Morgan fingerprint density at radius 1 is 1.40 bits per heavy atom. The Morgan fingerprint density at radius 2 is 2.15 bits per heavy atom. The first-order valence-corrected chi connectivity index (χ1v) is 8.01. The number of nitrogens with one attached hydrogen (secondary N) is 1. The zero-order chi connectivity index (χ0) is 14.7. The maximum Gasteiger partial charge on any atom is 0.245 e. The molecule has 1 aromatic heterocycles. The number of aryl methyl sites for hydroxylation is 1. The molecule has 1 N–H and O–H groups in total. The number of amides is 2. The molecular formula is C15H22N2O2S. The van der Waals surface area contributed by atoms with E-state index in [1.165, 1.54) is 11.1 Å². The fourth-order valence-electron chi connectivity index (χ4n) is 2.44. The molecule has 1 unspecified atom stereocenters. The monoisotopic (exact) mass is 294 g/mol. The molecule has 1 fully saturated rings. The van der Waals surface area contributed by atoms with E-state index in [9.17, 15) is 9.59 Å². The molecule has 110 valence electrons. The van der Waals surface area contributed by atoms with Gasteiger partial charge in [-0.1, -0.05) is 13.8 Å². The molecule has 0 saturated carbocycles. The Balaban J connectivity index is 2.13. The highest BCUT2D eigenvalue weighted by molar-refractivity contribution is 7.08. The molecule has 2 heterocycles. The van der Waals surface area contributed by atoms with Crippen LogP contribution in [0.15, 0.2) is 10.8 Å². The molecule has 2 amide bonds. The molecule has 1 saturated heterocycles. The summed E-state index contributed by atoms with van der Waals surface area (Å²) in [6, 6.07) is -0.371. The van der Waals surface area contributed by atoms with E-state index >= 15 is 0 Å². The SMILES string of the molecule is Cc1cscc1CN1CCC(=O)NC(CC(C)C)C1=O. The van der Waals surface area contributed by atoms with Crippen molar-refractivity contribution in [3.05, 3.63) is 21.9 Å². The zero-order valence-corrected chi connectivity index (χ0v) is 13.1. The molecule has 0 aromatic carbocycles. The lowest BCUT2D eigenvalue weighted by molar-refractivity contribution is -0.134. The minimum absolute atomic E-state index is 0.0199. The van der Waals surface area contributed by atoms with Gasteiger partial charge in [0.25, 0.3) is 0 Å². The molecule has 0 radical (unpaired) electrons. The van der Waals surface area contributed by atoms with Gasteiger partial charge in [0.1, 0.15) is 6.04 Å². The molecule has 1 aromatic rings. The van der Waals surface area contributed by atoms with Crippen molar-refractivity contribution in [2.75, 3.05) is 6.54 Å². The third-order valence-corrected chi connectivity index (χ3v) is 4.49. The van der Waals surface area contributed by atoms with Crippen molar-refractivity contribution in [1.29, 1.82) is 0 Å². The van der Waals surface area contributed by atoms with Gasteiger partial charge in [0.2, 0.25) is 11.8 Å². The van der Waals surface area contributed by atoms with Crippen molar-refractivity contribution in [2.24, 2.45) is 5.92 Å². The van der Waals surface area contributed by atoms with Gasteiger partial charge in [-0.3, -0.25) is 9.59 Å². The number of carbonyl (C=O) groups excluding carboxylic acids is 2. The van der Waals surface area contributed by atoms with Crippen LogP contribution in [0.3, 0.4) is 0 Å². The summed E-state index contributed by atoms with van der Waals surface area (Å²) >= 11 is 1.65. The Hall–Kier alpha value is -1.36. The molecule has 1 aliphatic rings. The number of rotatable bonds is 4. The van der Waals surface area contributed by atoms with Gasteiger partial charge in [-0.25, -0.2) is 0 Å². The smallest absolute Gasteiger partial charge is 0.245 e. The summed E-state index contributed by atoms with van der Waals surface area (Å²) in [5, 5.41) is 7.03. The molecule has 1 atom stereocenters. The Labute approximate surface area is 124 Å². The lowest BCUT2D eigenvalue weighted by Crippen LogP contribution is -2.45. The number of carbonyl (C=O) groups is 2. The molecule has 20 heavy (non-hydrogen) atoms. The van der Waals surface area contributed by atoms with Crippen LogP contribution < -0.4 is 5.32 Å². The van der Waals surface area contributed by atoms with Gasteiger partial charge in [0.05, 0.1) is 0 Å². The summed E-state index contributed by atoms with van der Waals surface area (Å²) in [4.78, 5) is 26.1. The highest BCUT2D eigenvalue weighted by Crippen LogP contribution is 2.19.